The summed E-state index contributed by atoms with van der Waals surface area (Å²) in [5.41, 5.74) is 3.25. The lowest BCUT2D eigenvalue weighted by atomic mass is 10.1. The summed E-state index contributed by atoms with van der Waals surface area (Å²) in [6.07, 6.45) is 1.39. The van der Waals surface area contributed by atoms with Crippen LogP contribution in [0.25, 0.3) is 0 Å². The van der Waals surface area contributed by atoms with Gasteiger partial charge in [-0.25, -0.2) is 5.43 Å². The van der Waals surface area contributed by atoms with E-state index < -0.39 is 16.7 Å². The molecule has 0 fully saturated rings. The monoisotopic (exact) mass is 400 g/mol. The Morgan fingerprint density at radius 2 is 1.93 bits per heavy atom. The number of methoxy groups -OCH3 is 2. The summed E-state index contributed by atoms with van der Waals surface area (Å²) in [6, 6.07) is 9.18. The van der Waals surface area contributed by atoms with Crippen LogP contribution >= 0.6 is 0 Å². The van der Waals surface area contributed by atoms with Crippen molar-refractivity contribution in [1.29, 1.82) is 0 Å². The Hall–Kier alpha value is -3.95. The van der Waals surface area contributed by atoms with E-state index in [9.17, 15) is 19.7 Å². The quantitative estimate of drug-likeness (QED) is 0.394. The number of hydrogen-bond acceptors (Lipinski definition) is 7. The Balaban J connectivity index is 1.92. The summed E-state index contributed by atoms with van der Waals surface area (Å²) in [6.45, 7) is 1.22. The van der Waals surface area contributed by atoms with E-state index in [0.717, 1.165) is 6.07 Å². The lowest BCUT2D eigenvalue weighted by Gasteiger charge is -2.07. The zero-order chi connectivity index (χ0) is 21.4. The molecular formula is C19H20N4O6. The maximum absolute atomic E-state index is 12.1. The summed E-state index contributed by atoms with van der Waals surface area (Å²) in [5, 5.41) is 17.2. The highest BCUT2D eigenvalue weighted by Crippen LogP contribution is 2.23. The second kappa shape index (κ2) is 9.83. The number of nitrogens with zero attached hydrogens (tertiary/aromatic N) is 2. The minimum atomic E-state index is -0.607. The molecule has 0 aliphatic carbocycles. The summed E-state index contributed by atoms with van der Waals surface area (Å²) >= 11 is 0. The van der Waals surface area contributed by atoms with Crippen molar-refractivity contribution in [2.45, 2.75) is 6.92 Å². The molecule has 0 spiro atoms. The molecule has 0 saturated heterocycles. The molecule has 2 rings (SSSR count). The number of carbonyl (C=O) groups is 2. The molecule has 2 aromatic rings. The first-order chi connectivity index (χ1) is 13.8. The number of rotatable bonds is 8. The van der Waals surface area contributed by atoms with Crippen LogP contribution in [0.1, 0.15) is 21.5 Å². The van der Waals surface area contributed by atoms with Gasteiger partial charge in [0, 0.05) is 28.8 Å². The molecule has 2 amide bonds. The van der Waals surface area contributed by atoms with Gasteiger partial charge in [-0.05, 0) is 25.1 Å². The lowest BCUT2D eigenvalue weighted by molar-refractivity contribution is -0.385. The van der Waals surface area contributed by atoms with E-state index in [4.69, 9.17) is 9.47 Å². The predicted octanol–water partition coefficient (Wildman–Crippen LogP) is 1.80. The van der Waals surface area contributed by atoms with Crippen LogP contribution in [0.15, 0.2) is 41.5 Å². The van der Waals surface area contributed by atoms with Crippen molar-refractivity contribution in [2.24, 2.45) is 5.10 Å². The first-order valence-electron chi connectivity index (χ1n) is 8.43. The Kier molecular flexibility index (Phi) is 7.24. The van der Waals surface area contributed by atoms with Gasteiger partial charge in [0.15, 0.2) is 0 Å². The molecule has 0 atom stereocenters. The Morgan fingerprint density at radius 1 is 1.17 bits per heavy atom. The minimum absolute atomic E-state index is 0.0848. The highest BCUT2D eigenvalue weighted by Gasteiger charge is 2.15. The first kappa shape index (κ1) is 21.4. The van der Waals surface area contributed by atoms with E-state index in [0.29, 0.717) is 22.6 Å². The van der Waals surface area contributed by atoms with Crippen molar-refractivity contribution in [2.75, 3.05) is 20.8 Å². The Labute approximate surface area is 166 Å². The SMILES string of the molecule is COc1ccc(/C=N/NC(=O)CNC(=O)c2ccc(C)c([N+](=O)[O-])c2)c(OC)c1. The number of hydrogen-bond donors (Lipinski definition) is 2. The number of ether oxygens (including phenoxy) is 2. The second-order valence-electron chi connectivity index (χ2n) is 5.84. The fraction of sp³-hybridized carbons (Fsp3) is 0.211. The van der Waals surface area contributed by atoms with Gasteiger partial charge in [0.1, 0.15) is 11.5 Å². The van der Waals surface area contributed by atoms with Crippen LogP contribution in [-0.4, -0.2) is 43.7 Å². The van der Waals surface area contributed by atoms with Crippen LogP contribution in [0.5, 0.6) is 11.5 Å². The fourth-order valence-electron chi connectivity index (χ4n) is 2.35. The molecule has 0 aromatic heterocycles. The Bertz CT molecular complexity index is 958. The number of aryl methyl sites for hydroxylation is 1. The van der Waals surface area contributed by atoms with E-state index in [1.807, 2.05) is 0 Å². The molecule has 0 unspecified atom stereocenters. The molecule has 2 N–H and O–H groups in total. The number of nitrogens with one attached hydrogen (secondary N) is 2. The highest BCUT2D eigenvalue weighted by atomic mass is 16.6. The molecule has 10 nitrogen and oxygen atoms in total. The second-order valence-corrected chi connectivity index (χ2v) is 5.84. The zero-order valence-corrected chi connectivity index (χ0v) is 16.1. The molecule has 29 heavy (non-hydrogen) atoms. The van der Waals surface area contributed by atoms with Crippen molar-refractivity contribution in [3.8, 4) is 11.5 Å². The number of nitro groups is 1. The van der Waals surface area contributed by atoms with E-state index in [2.05, 4.69) is 15.8 Å². The average molecular weight is 400 g/mol. The van der Waals surface area contributed by atoms with E-state index in [1.54, 1.807) is 25.1 Å². The van der Waals surface area contributed by atoms with Crippen molar-refractivity contribution >= 4 is 23.7 Å². The third-order valence-electron chi connectivity index (χ3n) is 3.91. The third kappa shape index (κ3) is 5.76. The van der Waals surface area contributed by atoms with Gasteiger partial charge in [0.05, 0.1) is 31.9 Å². The van der Waals surface area contributed by atoms with Gasteiger partial charge in [0.2, 0.25) is 0 Å². The summed E-state index contributed by atoms with van der Waals surface area (Å²) in [4.78, 5) is 34.3. The maximum atomic E-state index is 12.1. The zero-order valence-electron chi connectivity index (χ0n) is 16.1. The van der Waals surface area contributed by atoms with Crippen LogP contribution in [-0.2, 0) is 4.79 Å². The Morgan fingerprint density at radius 3 is 2.59 bits per heavy atom. The summed E-state index contributed by atoms with van der Waals surface area (Å²) in [5.74, 6) is -0.0496. The maximum Gasteiger partial charge on any atom is 0.273 e. The van der Waals surface area contributed by atoms with Crippen LogP contribution in [0, 0.1) is 17.0 Å². The number of nitro benzene ring substituents is 1. The smallest absolute Gasteiger partial charge is 0.273 e. The molecule has 2 aromatic carbocycles. The van der Waals surface area contributed by atoms with Crippen LogP contribution in [0.3, 0.4) is 0 Å². The van der Waals surface area contributed by atoms with Crippen molar-refractivity contribution in [3.05, 3.63) is 63.2 Å². The largest absolute Gasteiger partial charge is 0.497 e. The molecule has 0 radical (unpaired) electrons. The number of benzene rings is 2. The van der Waals surface area contributed by atoms with Crippen LogP contribution in [0.4, 0.5) is 5.69 Å². The van der Waals surface area contributed by atoms with Crippen LogP contribution < -0.4 is 20.2 Å². The molecular weight excluding hydrogens is 380 g/mol. The van der Waals surface area contributed by atoms with Gasteiger partial charge in [-0.3, -0.25) is 19.7 Å². The fourth-order valence-corrected chi connectivity index (χ4v) is 2.35. The van der Waals surface area contributed by atoms with E-state index in [-0.39, 0.29) is 17.8 Å². The van der Waals surface area contributed by atoms with Crippen molar-refractivity contribution < 1.29 is 24.0 Å². The van der Waals surface area contributed by atoms with Crippen molar-refractivity contribution in [1.82, 2.24) is 10.7 Å². The van der Waals surface area contributed by atoms with Crippen LogP contribution in [0.2, 0.25) is 0 Å². The van der Waals surface area contributed by atoms with Gasteiger partial charge < -0.3 is 14.8 Å². The van der Waals surface area contributed by atoms with Gasteiger partial charge in [-0.2, -0.15) is 5.10 Å². The van der Waals surface area contributed by atoms with E-state index in [1.165, 1.54) is 32.6 Å². The lowest BCUT2D eigenvalue weighted by Crippen LogP contribution is -2.34. The van der Waals surface area contributed by atoms with Gasteiger partial charge in [0.25, 0.3) is 17.5 Å². The normalized spacial score (nSPS) is 10.4. The standard InChI is InChI=1S/C19H20N4O6/c1-12-4-5-13(8-16(12)23(26)27)19(25)20-11-18(24)22-21-10-14-6-7-15(28-2)9-17(14)29-3/h4-10H,11H2,1-3H3,(H,20,25)(H,22,24)/b21-10+. The number of carbonyl (C=O) groups excluding carboxylic acids is 2. The molecule has 0 aliphatic rings. The molecule has 0 bridgehead atoms. The van der Waals surface area contributed by atoms with Gasteiger partial charge in [-0.1, -0.05) is 6.07 Å². The summed E-state index contributed by atoms with van der Waals surface area (Å²) < 4.78 is 10.3. The number of amides is 2. The van der Waals surface area contributed by atoms with Gasteiger partial charge in [-0.15, -0.1) is 0 Å². The third-order valence-corrected chi connectivity index (χ3v) is 3.91. The van der Waals surface area contributed by atoms with Crippen molar-refractivity contribution in [3.63, 3.8) is 0 Å². The minimum Gasteiger partial charge on any atom is -0.497 e. The molecule has 10 heteroatoms. The van der Waals surface area contributed by atoms with E-state index >= 15 is 0 Å². The molecule has 0 heterocycles. The first-order valence-corrected chi connectivity index (χ1v) is 8.43. The topological polar surface area (TPSA) is 132 Å². The predicted molar refractivity (Wildman–Crippen MR) is 105 cm³/mol. The molecule has 0 saturated carbocycles. The van der Waals surface area contributed by atoms with Gasteiger partial charge >= 0.3 is 0 Å². The average Bonchev–Trinajstić information content (AvgIpc) is 2.72. The molecule has 0 aliphatic heterocycles. The number of hydrazone groups is 1. The summed E-state index contributed by atoms with van der Waals surface area (Å²) in [7, 11) is 3.03. The molecule has 152 valence electrons. The highest BCUT2D eigenvalue weighted by molar-refractivity contribution is 5.97.